The van der Waals surface area contributed by atoms with Crippen LogP contribution in [0.1, 0.15) is 37.5 Å². The summed E-state index contributed by atoms with van der Waals surface area (Å²) in [6.45, 7) is 3.88. The normalized spacial score (nSPS) is 19.9. The van der Waals surface area contributed by atoms with Gasteiger partial charge in [-0.3, -0.25) is 0 Å². The largest absolute Gasteiger partial charge is 0.488 e. The fourth-order valence-electron chi connectivity index (χ4n) is 2.04. The van der Waals surface area contributed by atoms with E-state index in [9.17, 15) is 18.3 Å². The maximum atomic E-state index is 12.4. The van der Waals surface area contributed by atoms with E-state index in [2.05, 4.69) is 0 Å². The molecule has 1 aromatic carbocycles. The molecule has 1 unspecified atom stereocenters. The van der Waals surface area contributed by atoms with Crippen LogP contribution in [0.4, 0.5) is 13.2 Å². The van der Waals surface area contributed by atoms with E-state index in [0.29, 0.717) is 12.2 Å². The van der Waals surface area contributed by atoms with Crippen LogP contribution in [0.3, 0.4) is 0 Å². The SMILES string of the molecule is CC1(C)CCc2cc(C(O)C(F)(F)F)ccc2O1. The third-order valence-corrected chi connectivity index (χ3v) is 3.09. The predicted molar refractivity (Wildman–Crippen MR) is 60.5 cm³/mol. The quantitative estimate of drug-likeness (QED) is 0.838. The molecule has 0 radical (unpaired) electrons. The van der Waals surface area contributed by atoms with E-state index in [0.717, 1.165) is 12.0 Å². The van der Waals surface area contributed by atoms with Gasteiger partial charge in [-0.25, -0.2) is 0 Å². The Hall–Kier alpha value is -1.23. The minimum atomic E-state index is -4.64. The van der Waals surface area contributed by atoms with Crippen LogP contribution in [0.5, 0.6) is 5.75 Å². The van der Waals surface area contributed by atoms with E-state index in [4.69, 9.17) is 4.74 Å². The van der Waals surface area contributed by atoms with Gasteiger partial charge in [-0.05, 0) is 49.9 Å². The monoisotopic (exact) mass is 260 g/mol. The van der Waals surface area contributed by atoms with Crippen molar-refractivity contribution in [3.63, 3.8) is 0 Å². The van der Waals surface area contributed by atoms with Gasteiger partial charge in [-0.15, -0.1) is 0 Å². The summed E-state index contributed by atoms with van der Waals surface area (Å²) in [5.41, 5.74) is 0.289. The molecule has 1 N–H and O–H groups in total. The maximum absolute atomic E-state index is 12.4. The lowest BCUT2D eigenvalue weighted by Crippen LogP contribution is -2.32. The smallest absolute Gasteiger partial charge is 0.418 e. The number of aryl methyl sites for hydroxylation is 1. The number of halogens is 3. The van der Waals surface area contributed by atoms with Crippen molar-refractivity contribution >= 4 is 0 Å². The molecule has 5 heteroatoms. The van der Waals surface area contributed by atoms with Crippen LogP contribution in [0.25, 0.3) is 0 Å². The zero-order valence-electron chi connectivity index (χ0n) is 10.2. The second-order valence-corrected chi connectivity index (χ2v) is 5.17. The van der Waals surface area contributed by atoms with E-state index in [-0.39, 0.29) is 11.2 Å². The number of hydrogen-bond donors (Lipinski definition) is 1. The molecule has 0 aliphatic carbocycles. The molecular weight excluding hydrogens is 245 g/mol. The summed E-state index contributed by atoms with van der Waals surface area (Å²) in [5, 5.41) is 9.20. The Bertz CT molecular complexity index is 452. The van der Waals surface area contributed by atoms with Crippen LogP contribution in [0.15, 0.2) is 18.2 Å². The average Bonchev–Trinajstić information content (AvgIpc) is 2.25. The number of rotatable bonds is 1. The van der Waals surface area contributed by atoms with Crippen LogP contribution >= 0.6 is 0 Å². The lowest BCUT2D eigenvalue weighted by molar-refractivity contribution is -0.206. The molecule has 0 amide bonds. The van der Waals surface area contributed by atoms with Gasteiger partial charge in [0.15, 0.2) is 6.10 Å². The first-order chi connectivity index (χ1) is 8.19. The summed E-state index contributed by atoms with van der Waals surface area (Å²) >= 11 is 0. The maximum Gasteiger partial charge on any atom is 0.418 e. The molecule has 18 heavy (non-hydrogen) atoms. The number of fused-ring (bicyclic) bond motifs is 1. The highest BCUT2D eigenvalue weighted by Gasteiger charge is 2.40. The zero-order valence-corrected chi connectivity index (χ0v) is 10.2. The highest BCUT2D eigenvalue weighted by Crippen LogP contribution is 2.38. The molecule has 0 spiro atoms. The minimum absolute atomic E-state index is 0.135. The number of hydrogen-bond acceptors (Lipinski definition) is 2. The predicted octanol–water partition coefficient (Wildman–Crippen LogP) is 3.39. The molecule has 1 aromatic rings. The fraction of sp³-hybridized carbons (Fsp3) is 0.538. The zero-order chi connectivity index (χ0) is 13.6. The summed E-state index contributed by atoms with van der Waals surface area (Å²) in [6, 6.07) is 4.14. The summed E-state index contributed by atoms with van der Waals surface area (Å²) in [6.07, 6.45) is -5.67. The van der Waals surface area contributed by atoms with Gasteiger partial charge in [0, 0.05) is 0 Å². The van der Waals surface area contributed by atoms with Crippen LogP contribution in [-0.2, 0) is 6.42 Å². The van der Waals surface area contributed by atoms with Crippen molar-refractivity contribution < 1.29 is 23.0 Å². The van der Waals surface area contributed by atoms with Gasteiger partial charge in [0.2, 0.25) is 0 Å². The molecular formula is C13H15F3O2. The van der Waals surface area contributed by atoms with Crippen molar-refractivity contribution in [1.82, 2.24) is 0 Å². The van der Waals surface area contributed by atoms with Crippen molar-refractivity contribution in [2.75, 3.05) is 0 Å². The first-order valence-electron chi connectivity index (χ1n) is 5.76. The van der Waals surface area contributed by atoms with Gasteiger partial charge in [-0.1, -0.05) is 6.07 Å². The molecule has 1 aliphatic heterocycles. The molecule has 1 heterocycles. The first-order valence-corrected chi connectivity index (χ1v) is 5.76. The van der Waals surface area contributed by atoms with Gasteiger partial charge in [-0.2, -0.15) is 13.2 Å². The number of aliphatic hydroxyl groups is 1. The molecule has 0 saturated carbocycles. The molecule has 0 saturated heterocycles. The summed E-state index contributed by atoms with van der Waals surface area (Å²) < 4.78 is 42.9. The summed E-state index contributed by atoms with van der Waals surface area (Å²) in [7, 11) is 0. The van der Waals surface area contributed by atoms with Crippen LogP contribution in [0.2, 0.25) is 0 Å². The number of ether oxygens (including phenoxy) is 1. The Kier molecular flexibility index (Phi) is 3.05. The molecule has 0 bridgehead atoms. The van der Waals surface area contributed by atoms with Crippen molar-refractivity contribution in [1.29, 1.82) is 0 Å². The van der Waals surface area contributed by atoms with E-state index in [1.165, 1.54) is 18.2 Å². The van der Waals surface area contributed by atoms with Gasteiger partial charge >= 0.3 is 6.18 Å². The van der Waals surface area contributed by atoms with E-state index >= 15 is 0 Å². The molecule has 0 fully saturated rings. The molecule has 2 rings (SSSR count). The fourth-order valence-corrected chi connectivity index (χ4v) is 2.04. The Morgan fingerprint density at radius 2 is 2.00 bits per heavy atom. The van der Waals surface area contributed by atoms with Crippen molar-refractivity contribution in [3.05, 3.63) is 29.3 Å². The third-order valence-electron chi connectivity index (χ3n) is 3.09. The Morgan fingerprint density at radius 3 is 2.61 bits per heavy atom. The second-order valence-electron chi connectivity index (χ2n) is 5.17. The van der Waals surface area contributed by atoms with E-state index in [1.807, 2.05) is 13.8 Å². The van der Waals surface area contributed by atoms with Crippen molar-refractivity contribution in [3.8, 4) is 5.75 Å². The summed E-state index contributed by atoms with van der Waals surface area (Å²) in [5.74, 6) is 0.601. The Labute approximate surface area is 103 Å². The van der Waals surface area contributed by atoms with Gasteiger partial charge < -0.3 is 9.84 Å². The summed E-state index contributed by atoms with van der Waals surface area (Å²) in [4.78, 5) is 0. The third kappa shape index (κ3) is 2.61. The second kappa shape index (κ2) is 4.16. The first kappa shape index (κ1) is 13.2. The molecule has 1 aliphatic rings. The van der Waals surface area contributed by atoms with Crippen molar-refractivity contribution in [2.24, 2.45) is 0 Å². The Morgan fingerprint density at radius 1 is 1.33 bits per heavy atom. The van der Waals surface area contributed by atoms with Crippen LogP contribution in [-0.4, -0.2) is 16.9 Å². The number of benzene rings is 1. The van der Waals surface area contributed by atoms with Crippen LogP contribution < -0.4 is 4.74 Å². The number of alkyl halides is 3. The molecule has 0 aromatic heterocycles. The minimum Gasteiger partial charge on any atom is -0.488 e. The van der Waals surface area contributed by atoms with Crippen molar-refractivity contribution in [2.45, 2.75) is 44.6 Å². The number of aliphatic hydroxyl groups excluding tert-OH is 1. The molecule has 2 nitrogen and oxygen atoms in total. The average molecular weight is 260 g/mol. The van der Waals surface area contributed by atoms with E-state index < -0.39 is 12.3 Å². The van der Waals surface area contributed by atoms with Gasteiger partial charge in [0.1, 0.15) is 11.4 Å². The molecule has 1 atom stereocenters. The highest BCUT2D eigenvalue weighted by molar-refractivity contribution is 5.40. The lowest BCUT2D eigenvalue weighted by Gasteiger charge is -2.33. The topological polar surface area (TPSA) is 29.5 Å². The van der Waals surface area contributed by atoms with E-state index in [1.54, 1.807) is 0 Å². The highest BCUT2D eigenvalue weighted by atomic mass is 19.4. The van der Waals surface area contributed by atoms with Gasteiger partial charge in [0.25, 0.3) is 0 Å². The molecule has 100 valence electrons. The van der Waals surface area contributed by atoms with Gasteiger partial charge in [0.05, 0.1) is 0 Å². The Balaban J connectivity index is 2.29. The standard InChI is InChI=1S/C13H15F3O2/c1-12(2)6-5-8-7-9(3-4-10(8)18-12)11(17)13(14,15)16/h3-4,7,11,17H,5-6H2,1-2H3. The van der Waals surface area contributed by atoms with Crippen LogP contribution in [0, 0.1) is 0 Å². The lowest BCUT2D eigenvalue weighted by atomic mass is 9.92.